The third-order valence-corrected chi connectivity index (χ3v) is 5.18. The first-order valence-electron chi connectivity index (χ1n) is 9.65. The van der Waals surface area contributed by atoms with Gasteiger partial charge in [-0.25, -0.2) is 4.98 Å². The molecule has 0 unspecified atom stereocenters. The first-order chi connectivity index (χ1) is 13.3. The molecule has 8 heteroatoms. The Labute approximate surface area is 157 Å². The summed E-state index contributed by atoms with van der Waals surface area (Å²) in [5.74, 6) is 0.806. The van der Waals surface area contributed by atoms with Gasteiger partial charge in [0.1, 0.15) is 5.69 Å². The van der Waals surface area contributed by atoms with Crippen molar-refractivity contribution in [3.8, 4) is 11.5 Å². The van der Waals surface area contributed by atoms with Gasteiger partial charge in [-0.15, -0.1) is 0 Å². The Balaban J connectivity index is 1.32. The average molecular weight is 367 g/mol. The van der Waals surface area contributed by atoms with Gasteiger partial charge in [-0.05, 0) is 30.5 Å². The van der Waals surface area contributed by atoms with Gasteiger partial charge in [-0.2, -0.15) is 5.10 Å². The average Bonchev–Trinajstić information content (AvgIpc) is 3.23. The smallest absolute Gasteiger partial charge is 0.158 e. The molecule has 0 bridgehead atoms. The number of morpholine rings is 1. The maximum atomic E-state index is 5.43. The van der Waals surface area contributed by atoms with Gasteiger partial charge in [-0.3, -0.25) is 15.3 Å². The quantitative estimate of drug-likeness (QED) is 0.477. The lowest BCUT2D eigenvalue weighted by Gasteiger charge is -2.26. The van der Waals surface area contributed by atoms with Crippen LogP contribution in [0.1, 0.15) is 18.4 Å². The zero-order chi connectivity index (χ0) is 18.1. The number of rotatable bonds is 7. The molecule has 27 heavy (non-hydrogen) atoms. The number of aromatic nitrogens is 4. The summed E-state index contributed by atoms with van der Waals surface area (Å²) in [6, 6.07) is 7.11. The molecule has 2 aromatic heterocycles. The van der Waals surface area contributed by atoms with Gasteiger partial charge >= 0.3 is 0 Å². The molecule has 4 N–H and O–H groups in total. The van der Waals surface area contributed by atoms with E-state index in [1.165, 1.54) is 18.4 Å². The van der Waals surface area contributed by atoms with E-state index in [0.717, 1.165) is 67.8 Å². The van der Waals surface area contributed by atoms with Gasteiger partial charge in [0.15, 0.2) is 5.82 Å². The summed E-state index contributed by atoms with van der Waals surface area (Å²) in [5.41, 5.74) is 5.14. The molecule has 2 aliphatic rings. The second kappa shape index (κ2) is 7.30. The van der Waals surface area contributed by atoms with E-state index in [-0.39, 0.29) is 0 Å². The third kappa shape index (κ3) is 3.83. The van der Waals surface area contributed by atoms with E-state index in [4.69, 9.17) is 9.72 Å². The Kier molecular flexibility index (Phi) is 4.52. The van der Waals surface area contributed by atoms with E-state index >= 15 is 0 Å². The van der Waals surface area contributed by atoms with Gasteiger partial charge in [0, 0.05) is 25.7 Å². The van der Waals surface area contributed by atoms with Crippen LogP contribution in [0.3, 0.4) is 0 Å². The number of anilines is 1. The SMILES string of the molecule is c1cc2nc(-c3[nH]ncc3NCNC3CC3)[nH]c2cc1CN1CCOCC1. The fourth-order valence-electron chi connectivity index (χ4n) is 3.47. The summed E-state index contributed by atoms with van der Waals surface area (Å²) in [6.45, 7) is 5.30. The summed E-state index contributed by atoms with van der Waals surface area (Å²) >= 11 is 0. The topological polar surface area (TPSA) is 93.9 Å². The molecular weight excluding hydrogens is 342 g/mol. The highest BCUT2D eigenvalue weighted by atomic mass is 16.5. The number of hydrogen-bond acceptors (Lipinski definition) is 6. The van der Waals surface area contributed by atoms with Gasteiger partial charge in [0.25, 0.3) is 0 Å². The van der Waals surface area contributed by atoms with E-state index in [2.05, 4.69) is 48.9 Å². The van der Waals surface area contributed by atoms with Crippen LogP contribution in [0.2, 0.25) is 0 Å². The number of benzene rings is 1. The highest BCUT2D eigenvalue weighted by Crippen LogP contribution is 2.26. The van der Waals surface area contributed by atoms with Crippen molar-refractivity contribution >= 4 is 16.7 Å². The predicted octanol–water partition coefficient (Wildman–Crippen LogP) is 1.91. The minimum Gasteiger partial charge on any atom is -0.379 e. The Hall–Kier alpha value is -2.42. The molecule has 1 aromatic carbocycles. The van der Waals surface area contributed by atoms with Gasteiger partial charge < -0.3 is 15.0 Å². The highest BCUT2D eigenvalue weighted by molar-refractivity contribution is 5.81. The molecule has 1 saturated carbocycles. The summed E-state index contributed by atoms with van der Waals surface area (Å²) in [4.78, 5) is 10.6. The fourth-order valence-corrected chi connectivity index (χ4v) is 3.47. The van der Waals surface area contributed by atoms with Crippen LogP contribution < -0.4 is 10.6 Å². The molecule has 5 rings (SSSR count). The van der Waals surface area contributed by atoms with Crippen LogP contribution in [0, 0.1) is 0 Å². The number of nitrogens with zero attached hydrogens (tertiary/aromatic N) is 3. The van der Waals surface area contributed by atoms with Gasteiger partial charge in [-0.1, -0.05) is 6.07 Å². The predicted molar refractivity (Wildman–Crippen MR) is 104 cm³/mol. The third-order valence-electron chi connectivity index (χ3n) is 5.18. The molecule has 3 heterocycles. The Morgan fingerprint density at radius 2 is 2.11 bits per heavy atom. The van der Waals surface area contributed by atoms with Crippen molar-refractivity contribution in [1.82, 2.24) is 30.4 Å². The Morgan fingerprint density at radius 3 is 2.96 bits per heavy atom. The van der Waals surface area contributed by atoms with Crippen LogP contribution in [0.5, 0.6) is 0 Å². The van der Waals surface area contributed by atoms with Crippen molar-refractivity contribution in [3.63, 3.8) is 0 Å². The first kappa shape index (κ1) is 16.7. The fraction of sp³-hybridized carbons (Fsp3) is 0.474. The van der Waals surface area contributed by atoms with Crippen LogP contribution >= 0.6 is 0 Å². The molecule has 3 aromatic rings. The summed E-state index contributed by atoms with van der Waals surface area (Å²) in [7, 11) is 0. The monoisotopic (exact) mass is 367 g/mol. The molecule has 0 spiro atoms. The zero-order valence-corrected chi connectivity index (χ0v) is 15.3. The van der Waals surface area contributed by atoms with E-state index in [1.54, 1.807) is 6.20 Å². The van der Waals surface area contributed by atoms with Gasteiger partial charge in [0.05, 0.1) is 42.8 Å². The minimum atomic E-state index is 0.670. The molecule has 0 amide bonds. The number of ether oxygens (including phenoxy) is 1. The van der Waals surface area contributed by atoms with E-state index in [9.17, 15) is 0 Å². The Morgan fingerprint density at radius 1 is 1.22 bits per heavy atom. The molecule has 142 valence electrons. The number of hydrogen-bond donors (Lipinski definition) is 4. The molecule has 1 aliphatic heterocycles. The largest absolute Gasteiger partial charge is 0.379 e. The Bertz CT molecular complexity index is 908. The van der Waals surface area contributed by atoms with Crippen molar-refractivity contribution in [2.24, 2.45) is 0 Å². The lowest BCUT2D eigenvalue weighted by molar-refractivity contribution is 0.0342. The lowest BCUT2D eigenvalue weighted by atomic mass is 10.2. The summed E-state index contributed by atoms with van der Waals surface area (Å²) in [6.07, 6.45) is 4.35. The van der Waals surface area contributed by atoms with Crippen molar-refractivity contribution < 1.29 is 4.74 Å². The lowest BCUT2D eigenvalue weighted by Crippen LogP contribution is -2.35. The second-order valence-electron chi connectivity index (χ2n) is 7.32. The van der Waals surface area contributed by atoms with Crippen LogP contribution in [0.15, 0.2) is 24.4 Å². The summed E-state index contributed by atoms with van der Waals surface area (Å²) in [5, 5.41) is 14.1. The number of nitrogens with one attached hydrogen (secondary N) is 4. The number of fused-ring (bicyclic) bond motifs is 1. The number of H-pyrrole nitrogens is 2. The van der Waals surface area contributed by atoms with Crippen LogP contribution in [-0.4, -0.2) is 64.1 Å². The maximum Gasteiger partial charge on any atom is 0.158 e. The van der Waals surface area contributed by atoms with Gasteiger partial charge in [0.2, 0.25) is 0 Å². The molecule has 1 saturated heterocycles. The molecule has 0 atom stereocenters. The van der Waals surface area contributed by atoms with Crippen molar-refractivity contribution in [3.05, 3.63) is 30.0 Å². The molecule has 1 aliphatic carbocycles. The van der Waals surface area contributed by atoms with Crippen LogP contribution in [-0.2, 0) is 11.3 Å². The molecule has 0 radical (unpaired) electrons. The number of aromatic amines is 2. The van der Waals surface area contributed by atoms with Crippen molar-refractivity contribution in [2.75, 3.05) is 38.3 Å². The van der Waals surface area contributed by atoms with E-state index < -0.39 is 0 Å². The molecule has 2 fully saturated rings. The van der Waals surface area contributed by atoms with E-state index in [0.29, 0.717) is 6.04 Å². The molecule has 8 nitrogen and oxygen atoms in total. The first-order valence-corrected chi connectivity index (χ1v) is 9.65. The second-order valence-corrected chi connectivity index (χ2v) is 7.32. The standard InChI is InChI=1S/C19H25N7O/c1-4-15-16(9-13(1)11-26-5-7-27-8-6-26)24-19(23-15)18-17(10-22-25-18)21-12-20-14-2-3-14/h1,4,9-10,14,20-21H,2-3,5-8,11-12H2,(H,22,25)(H,23,24). The minimum absolute atomic E-state index is 0.670. The number of imidazole rings is 1. The highest BCUT2D eigenvalue weighted by Gasteiger charge is 2.20. The normalized spacial score (nSPS) is 18.2. The van der Waals surface area contributed by atoms with Crippen LogP contribution in [0.4, 0.5) is 5.69 Å². The van der Waals surface area contributed by atoms with Crippen molar-refractivity contribution in [2.45, 2.75) is 25.4 Å². The molecular formula is C19H25N7O. The summed E-state index contributed by atoms with van der Waals surface area (Å²) < 4.78 is 5.43. The zero-order valence-electron chi connectivity index (χ0n) is 15.3. The van der Waals surface area contributed by atoms with Crippen LogP contribution in [0.25, 0.3) is 22.6 Å². The van der Waals surface area contributed by atoms with Crippen molar-refractivity contribution in [1.29, 1.82) is 0 Å². The maximum absolute atomic E-state index is 5.43. The van der Waals surface area contributed by atoms with E-state index in [1.807, 2.05) is 0 Å².